The van der Waals surface area contributed by atoms with Gasteiger partial charge in [0.25, 0.3) is 0 Å². The molecule has 0 amide bonds. The minimum absolute atomic E-state index is 0.0191. The maximum Gasteiger partial charge on any atom is 0.309 e. The predicted octanol–water partition coefficient (Wildman–Crippen LogP) is 3.66. The summed E-state index contributed by atoms with van der Waals surface area (Å²) in [7, 11) is -1.65. The maximum atomic E-state index is 10.6. The zero-order valence-electron chi connectivity index (χ0n) is 13.8. The number of hydrogen-bond acceptors (Lipinski definition) is 3. The lowest BCUT2D eigenvalue weighted by Gasteiger charge is -2.36. The van der Waals surface area contributed by atoms with Crippen molar-refractivity contribution in [3.8, 4) is 0 Å². The number of carboxylic acid groups (broad SMARTS) is 1. The van der Waals surface area contributed by atoms with Crippen LogP contribution in [0.25, 0.3) is 0 Å². The van der Waals surface area contributed by atoms with Gasteiger partial charge in [0, 0.05) is 12.8 Å². The highest BCUT2D eigenvalue weighted by atomic mass is 28.4. The van der Waals surface area contributed by atoms with E-state index in [1.165, 1.54) is 0 Å². The smallest absolute Gasteiger partial charge is 0.309 e. The van der Waals surface area contributed by atoms with Gasteiger partial charge in [0.15, 0.2) is 8.32 Å². The molecule has 0 aliphatic heterocycles. The number of carbonyl (C=O) groups is 1. The van der Waals surface area contributed by atoms with Crippen molar-refractivity contribution >= 4 is 14.3 Å². The van der Waals surface area contributed by atoms with Crippen LogP contribution in [0, 0.1) is 0 Å². The van der Waals surface area contributed by atoms with Crippen molar-refractivity contribution in [1.29, 1.82) is 0 Å². The Morgan fingerprint density at radius 2 is 2.00 bits per heavy atom. The molecule has 0 unspecified atom stereocenters. The van der Waals surface area contributed by atoms with Gasteiger partial charge in [-0.15, -0.1) is 0 Å². The molecule has 0 atom stereocenters. The average molecular weight is 309 g/mol. The van der Waals surface area contributed by atoms with Gasteiger partial charge in [-0.3, -0.25) is 9.78 Å². The van der Waals surface area contributed by atoms with Crippen molar-refractivity contribution in [2.75, 3.05) is 6.61 Å². The highest BCUT2D eigenvalue weighted by molar-refractivity contribution is 6.74. The highest BCUT2D eigenvalue weighted by Gasteiger charge is 2.36. The fraction of sp³-hybridized carbons (Fsp3) is 0.625. The lowest BCUT2D eigenvalue weighted by molar-refractivity contribution is -0.136. The molecule has 1 rings (SSSR count). The molecule has 0 aliphatic rings. The molecule has 1 aromatic heterocycles. The van der Waals surface area contributed by atoms with Gasteiger partial charge in [0.05, 0.1) is 12.1 Å². The van der Waals surface area contributed by atoms with Gasteiger partial charge in [-0.05, 0) is 42.6 Å². The standard InChI is InChI=1S/C16H27NO3Si/c1-16(2,3)21(4,5)20-10-6-7-13-8-9-14(17-12-13)11-15(18)19/h8-9,12H,6-7,10-11H2,1-5H3,(H,18,19). The number of nitrogens with zero attached hydrogens (tertiary/aromatic N) is 1. The number of aryl methyl sites for hydroxylation is 1. The number of pyridine rings is 1. The molecule has 118 valence electrons. The first-order chi connectivity index (χ1) is 9.62. The maximum absolute atomic E-state index is 10.6. The van der Waals surface area contributed by atoms with Crippen LogP contribution in [0.1, 0.15) is 38.4 Å². The Hall–Kier alpha value is -1.20. The number of hydrogen-bond donors (Lipinski definition) is 1. The Morgan fingerprint density at radius 1 is 1.33 bits per heavy atom. The van der Waals surface area contributed by atoms with E-state index in [1.807, 2.05) is 6.07 Å². The summed E-state index contributed by atoms with van der Waals surface area (Å²) in [6.45, 7) is 12.0. The van der Waals surface area contributed by atoms with E-state index in [0.717, 1.165) is 25.0 Å². The first-order valence-corrected chi connectivity index (χ1v) is 10.3. The lowest BCUT2D eigenvalue weighted by Crippen LogP contribution is -2.41. The summed E-state index contributed by atoms with van der Waals surface area (Å²) in [5, 5.41) is 8.94. The second kappa shape index (κ2) is 7.18. The molecular weight excluding hydrogens is 282 g/mol. The molecular formula is C16H27NO3Si. The minimum atomic E-state index is -1.65. The topological polar surface area (TPSA) is 59.4 Å². The molecule has 0 saturated carbocycles. The number of aromatic nitrogens is 1. The summed E-state index contributed by atoms with van der Waals surface area (Å²) < 4.78 is 6.13. The van der Waals surface area contributed by atoms with E-state index in [2.05, 4.69) is 38.8 Å². The van der Waals surface area contributed by atoms with Crippen LogP contribution >= 0.6 is 0 Å². The van der Waals surface area contributed by atoms with Crippen molar-refractivity contribution < 1.29 is 14.3 Å². The molecule has 0 aromatic carbocycles. The second-order valence-corrected chi connectivity index (χ2v) is 11.7. The van der Waals surface area contributed by atoms with Crippen LogP contribution in [-0.2, 0) is 22.1 Å². The van der Waals surface area contributed by atoms with Crippen LogP contribution in [0.5, 0.6) is 0 Å². The molecule has 1 N–H and O–H groups in total. The van der Waals surface area contributed by atoms with E-state index in [9.17, 15) is 4.79 Å². The van der Waals surface area contributed by atoms with Crippen molar-refractivity contribution in [3.63, 3.8) is 0 Å². The van der Waals surface area contributed by atoms with Crippen LogP contribution in [0.4, 0.5) is 0 Å². The quantitative estimate of drug-likeness (QED) is 0.617. The second-order valence-electron chi connectivity index (χ2n) is 6.94. The van der Waals surface area contributed by atoms with E-state index < -0.39 is 14.3 Å². The summed E-state index contributed by atoms with van der Waals surface area (Å²) in [5.74, 6) is -0.849. The zero-order chi connectivity index (χ0) is 16.1. The van der Waals surface area contributed by atoms with Crippen LogP contribution in [0.2, 0.25) is 18.1 Å². The molecule has 0 fully saturated rings. The Bertz CT molecular complexity index is 463. The predicted molar refractivity (Wildman–Crippen MR) is 87.0 cm³/mol. The molecule has 1 aromatic rings. The summed E-state index contributed by atoms with van der Waals surface area (Å²) >= 11 is 0. The van der Waals surface area contributed by atoms with Gasteiger partial charge in [-0.1, -0.05) is 26.8 Å². The largest absolute Gasteiger partial charge is 0.481 e. The van der Waals surface area contributed by atoms with Gasteiger partial charge in [0.1, 0.15) is 0 Å². The fourth-order valence-corrected chi connectivity index (χ4v) is 2.77. The summed E-state index contributed by atoms with van der Waals surface area (Å²) in [5.41, 5.74) is 1.73. The first kappa shape index (κ1) is 17.8. The summed E-state index contributed by atoms with van der Waals surface area (Å²) in [6, 6.07) is 3.75. The number of rotatable bonds is 7. The van der Waals surface area contributed by atoms with E-state index >= 15 is 0 Å². The molecule has 1 heterocycles. The van der Waals surface area contributed by atoms with Crippen molar-refractivity contribution in [2.45, 2.75) is 58.2 Å². The molecule has 0 radical (unpaired) electrons. The molecule has 0 bridgehead atoms. The van der Waals surface area contributed by atoms with Crippen molar-refractivity contribution in [1.82, 2.24) is 4.98 Å². The Balaban J connectivity index is 2.38. The van der Waals surface area contributed by atoms with Gasteiger partial charge in [-0.25, -0.2) is 0 Å². The normalized spacial score (nSPS) is 12.4. The monoisotopic (exact) mass is 309 g/mol. The van der Waals surface area contributed by atoms with Gasteiger partial charge < -0.3 is 9.53 Å². The third-order valence-corrected chi connectivity index (χ3v) is 8.64. The van der Waals surface area contributed by atoms with Gasteiger partial charge >= 0.3 is 5.97 Å². The summed E-state index contributed by atoms with van der Waals surface area (Å²) in [6.07, 6.45) is 3.63. The molecule has 21 heavy (non-hydrogen) atoms. The third kappa shape index (κ3) is 5.97. The Morgan fingerprint density at radius 3 is 2.48 bits per heavy atom. The number of aliphatic carboxylic acids is 1. The molecule has 0 aliphatic carbocycles. The molecule has 5 heteroatoms. The third-order valence-electron chi connectivity index (χ3n) is 4.10. The fourth-order valence-electron chi connectivity index (χ4n) is 1.68. The van der Waals surface area contributed by atoms with Crippen LogP contribution in [0.3, 0.4) is 0 Å². The minimum Gasteiger partial charge on any atom is -0.481 e. The average Bonchev–Trinajstić information content (AvgIpc) is 2.34. The van der Waals surface area contributed by atoms with E-state index in [-0.39, 0.29) is 11.5 Å². The van der Waals surface area contributed by atoms with E-state index in [4.69, 9.17) is 9.53 Å². The van der Waals surface area contributed by atoms with Crippen LogP contribution in [0.15, 0.2) is 18.3 Å². The van der Waals surface area contributed by atoms with Crippen LogP contribution < -0.4 is 0 Å². The summed E-state index contributed by atoms with van der Waals surface area (Å²) in [4.78, 5) is 14.8. The Kier molecular flexibility index (Phi) is 6.10. The SMILES string of the molecule is CC(C)(C)[Si](C)(C)OCCCc1ccc(CC(=O)O)nc1. The molecule has 0 saturated heterocycles. The van der Waals surface area contributed by atoms with Gasteiger partial charge in [-0.2, -0.15) is 0 Å². The molecule has 4 nitrogen and oxygen atoms in total. The van der Waals surface area contributed by atoms with Crippen LogP contribution in [-0.4, -0.2) is 31.0 Å². The number of carboxylic acids is 1. The van der Waals surface area contributed by atoms with Crippen molar-refractivity contribution in [2.24, 2.45) is 0 Å². The van der Waals surface area contributed by atoms with E-state index in [1.54, 1.807) is 12.3 Å². The highest BCUT2D eigenvalue weighted by Crippen LogP contribution is 2.36. The zero-order valence-corrected chi connectivity index (χ0v) is 14.8. The Labute approximate surface area is 128 Å². The molecule has 0 spiro atoms. The van der Waals surface area contributed by atoms with E-state index in [0.29, 0.717) is 5.69 Å². The van der Waals surface area contributed by atoms with Crippen molar-refractivity contribution in [3.05, 3.63) is 29.6 Å². The first-order valence-electron chi connectivity index (χ1n) is 7.41. The van der Waals surface area contributed by atoms with Gasteiger partial charge in [0.2, 0.25) is 0 Å². The lowest BCUT2D eigenvalue weighted by atomic mass is 10.1.